The molecule has 0 saturated carbocycles. The largest absolute Gasteiger partial charge is 0.388 e. The molecule has 6 nitrogen and oxygen atoms in total. The van der Waals surface area contributed by atoms with Crippen LogP contribution in [0.3, 0.4) is 0 Å². The minimum atomic E-state index is -0.984. The van der Waals surface area contributed by atoms with Crippen LogP contribution in [0.2, 0.25) is 0 Å². The van der Waals surface area contributed by atoms with Crippen LogP contribution in [0, 0.1) is 0 Å². The standard InChI is InChI=1S/C34H39NO5/c35-21-32(38-23-28-15-7-2-8-16-28)34(40-25-30-19-11-4-12-20-30)33(39-24-29-17-9-3-10-18-29)31(36)26-37-22-27-13-5-1-6-14-27/h1-20,31-34,36H,21-26,35H2/t31-,32+,33+,34-/m1/s1. The van der Waals surface area contributed by atoms with Gasteiger partial charge in [0.05, 0.1) is 39.1 Å². The van der Waals surface area contributed by atoms with E-state index in [1.54, 1.807) is 0 Å². The van der Waals surface area contributed by atoms with Crippen LogP contribution >= 0.6 is 0 Å². The van der Waals surface area contributed by atoms with E-state index in [0.29, 0.717) is 26.4 Å². The van der Waals surface area contributed by atoms with Gasteiger partial charge >= 0.3 is 0 Å². The predicted octanol–water partition coefficient (Wildman–Crippen LogP) is 5.28. The van der Waals surface area contributed by atoms with E-state index in [4.69, 9.17) is 24.7 Å². The van der Waals surface area contributed by atoms with Crippen LogP contribution in [0.5, 0.6) is 0 Å². The van der Waals surface area contributed by atoms with Gasteiger partial charge in [-0.05, 0) is 22.3 Å². The van der Waals surface area contributed by atoms with E-state index < -0.39 is 24.4 Å². The number of rotatable bonds is 17. The number of aliphatic hydroxyl groups excluding tert-OH is 1. The Hall–Kier alpha value is -3.36. The molecular formula is C34H39NO5. The summed E-state index contributed by atoms with van der Waals surface area (Å²) >= 11 is 0. The zero-order valence-electron chi connectivity index (χ0n) is 22.8. The van der Waals surface area contributed by atoms with Crippen molar-refractivity contribution in [1.82, 2.24) is 0 Å². The Kier molecular flexibility index (Phi) is 12.3. The summed E-state index contributed by atoms with van der Waals surface area (Å²) in [6.45, 7) is 1.61. The molecule has 40 heavy (non-hydrogen) atoms. The second kappa shape index (κ2) is 16.7. The highest BCUT2D eigenvalue weighted by Gasteiger charge is 2.36. The Balaban J connectivity index is 1.53. The van der Waals surface area contributed by atoms with E-state index in [9.17, 15) is 5.11 Å². The molecular weight excluding hydrogens is 502 g/mol. The van der Waals surface area contributed by atoms with Crippen molar-refractivity contribution in [2.45, 2.75) is 50.8 Å². The summed E-state index contributed by atoms with van der Waals surface area (Å²) in [6.07, 6.45) is -2.94. The van der Waals surface area contributed by atoms with Gasteiger partial charge in [0.25, 0.3) is 0 Å². The van der Waals surface area contributed by atoms with E-state index in [0.717, 1.165) is 22.3 Å². The highest BCUT2D eigenvalue weighted by Crippen LogP contribution is 2.21. The third-order valence-electron chi connectivity index (χ3n) is 6.58. The zero-order chi connectivity index (χ0) is 27.8. The average Bonchev–Trinajstić information content (AvgIpc) is 3.01. The normalized spacial score (nSPS) is 14.3. The van der Waals surface area contributed by atoms with Crippen LogP contribution in [0.4, 0.5) is 0 Å². The smallest absolute Gasteiger partial charge is 0.115 e. The molecule has 0 radical (unpaired) electrons. The Morgan fingerprint density at radius 3 is 1.30 bits per heavy atom. The molecule has 0 spiro atoms. The highest BCUT2D eigenvalue weighted by molar-refractivity contribution is 5.16. The maximum atomic E-state index is 11.4. The van der Waals surface area contributed by atoms with E-state index >= 15 is 0 Å². The summed E-state index contributed by atoms with van der Waals surface area (Å²) < 4.78 is 25.1. The lowest BCUT2D eigenvalue weighted by atomic mass is 10.0. The molecule has 0 saturated heterocycles. The van der Waals surface area contributed by atoms with Gasteiger partial charge in [-0.15, -0.1) is 0 Å². The monoisotopic (exact) mass is 541 g/mol. The fraction of sp³-hybridized carbons (Fsp3) is 0.294. The molecule has 0 aromatic heterocycles. The Morgan fingerprint density at radius 2 is 0.875 bits per heavy atom. The summed E-state index contributed by atoms with van der Waals surface area (Å²) in [5.74, 6) is 0. The van der Waals surface area contributed by atoms with Crippen LogP contribution in [0.25, 0.3) is 0 Å². The summed E-state index contributed by atoms with van der Waals surface area (Å²) in [7, 11) is 0. The van der Waals surface area contributed by atoms with Crippen molar-refractivity contribution in [2.75, 3.05) is 13.2 Å². The summed E-state index contributed by atoms with van der Waals surface area (Å²) in [5.41, 5.74) is 10.3. The first kappa shape index (κ1) is 29.6. The van der Waals surface area contributed by atoms with Crippen molar-refractivity contribution < 1.29 is 24.1 Å². The van der Waals surface area contributed by atoms with Gasteiger partial charge < -0.3 is 29.8 Å². The molecule has 210 valence electrons. The van der Waals surface area contributed by atoms with Gasteiger partial charge in [-0.1, -0.05) is 121 Å². The number of benzene rings is 4. The van der Waals surface area contributed by atoms with Gasteiger partial charge in [0.15, 0.2) is 0 Å². The number of ether oxygens (including phenoxy) is 4. The van der Waals surface area contributed by atoms with Crippen LogP contribution in [0.1, 0.15) is 22.3 Å². The summed E-state index contributed by atoms with van der Waals surface area (Å²) in [5, 5.41) is 11.4. The molecule has 4 rings (SSSR count). The molecule has 0 aliphatic heterocycles. The number of hydrogen-bond donors (Lipinski definition) is 2. The third-order valence-corrected chi connectivity index (χ3v) is 6.58. The van der Waals surface area contributed by atoms with Crippen molar-refractivity contribution >= 4 is 0 Å². The maximum absolute atomic E-state index is 11.4. The first-order valence-corrected chi connectivity index (χ1v) is 13.7. The lowest BCUT2D eigenvalue weighted by Crippen LogP contribution is -2.52. The van der Waals surface area contributed by atoms with Gasteiger partial charge in [-0.2, -0.15) is 0 Å². The fourth-order valence-electron chi connectivity index (χ4n) is 4.41. The number of nitrogens with two attached hydrogens (primary N) is 1. The van der Waals surface area contributed by atoms with E-state index in [1.165, 1.54) is 0 Å². The average molecular weight is 542 g/mol. The minimum absolute atomic E-state index is 0.0650. The van der Waals surface area contributed by atoms with Gasteiger partial charge in [0.1, 0.15) is 18.3 Å². The van der Waals surface area contributed by atoms with Crippen LogP contribution in [-0.2, 0) is 45.4 Å². The Bertz CT molecular complexity index is 1190. The second-order valence-electron chi connectivity index (χ2n) is 9.66. The molecule has 0 amide bonds. The molecule has 4 aromatic rings. The van der Waals surface area contributed by atoms with Crippen molar-refractivity contribution in [3.63, 3.8) is 0 Å². The van der Waals surface area contributed by atoms with E-state index in [-0.39, 0.29) is 13.2 Å². The molecule has 4 aromatic carbocycles. The molecule has 0 fully saturated rings. The molecule has 4 atom stereocenters. The Labute approximate surface area is 237 Å². The number of hydrogen-bond acceptors (Lipinski definition) is 6. The quantitative estimate of drug-likeness (QED) is 0.189. The minimum Gasteiger partial charge on any atom is -0.388 e. The Morgan fingerprint density at radius 1 is 0.500 bits per heavy atom. The van der Waals surface area contributed by atoms with Gasteiger partial charge in [0, 0.05) is 6.54 Å². The lowest BCUT2D eigenvalue weighted by Gasteiger charge is -2.35. The first-order chi connectivity index (χ1) is 19.7. The van der Waals surface area contributed by atoms with E-state index in [1.807, 2.05) is 121 Å². The molecule has 0 unspecified atom stereocenters. The molecule has 0 heterocycles. The highest BCUT2D eigenvalue weighted by atomic mass is 16.6. The van der Waals surface area contributed by atoms with Gasteiger partial charge in [0.2, 0.25) is 0 Å². The summed E-state index contributed by atoms with van der Waals surface area (Å²) in [4.78, 5) is 0. The topological polar surface area (TPSA) is 83.2 Å². The molecule has 0 bridgehead atoms. The predicted molar refractivity (Wildman–Crippen MR) is 156 cm³/mol. The van der Waals surface area contributed by atoms with Crippen LogP contribution < -0.4 is 5.73 Å². The third kappa shape index (κ3) is 9.68. The zero-order valence-corrected chi connectivity index (χ0v) is 22.8. The molecule has 6 heteroatoms. The van der Waals surface area contributed by atoms with Crippen molar-refractivity contribution in [3.8, 4) is 0 Å². The van der Waals surface area contributed by atoms with Gasteiger partial charge in [-0.3, -0.25) is 0 Å². The summed E-state index contributed by atoms with van der Waals surface area (Å²) in [6, 6.07) is 39.5. The molecule has 3 N–H and O–H groups in total. The van der Waals surface area contributed by atoms with Crippen molar-refractivity contribution in [1.29, 1.82) is 0 Å². The van der Waals surface area contributed by atoms with E-state index in [2.05, 4.69) is 0 Å². The SMILES string of the molecule is NC[C@H](OCc1ccccc1)[C@@H](OCc1ccccc1)[C@@H](OCc1ccccc1)[C@H](O)COCc1ccccc1. The van der Waals surface area contributed by atoms with Crippen molar-refractivity contribution in [2.24, 2.45) is 5.73 Å². The number of aliphatic hydroxyl groups is 1. The molecule has 0 aliphatic rings. The first-order valence-electron chi connectivity index (χ1n) is 13.7. The van der Waals surface area contributed by atoms with Crippen LogP contribution in [0.15, 0.2) is 121 Å². The fourth-order valence-corrected chi connectivity index (χ4v) is 4.41. The second-order valence-corrected chi connectivity index (χ2v) is 9.66. The maximum Gasteiger partial charge on any atom is 0.115 e. The van der Waals surface area contributed by atoms with Crippen molar-refractivity contribution in [3.05, 3.63) is 144 Å². The van der Waals surface area contributed by atoms with Crippen LogP contribution in [-0.4, -0.2) is 42.7 Å². The lowest BCUT2D eigenvalue weighted by molar-refractivity contribution is -0.185. The van der Waals surface area contributed by atoms with Gasteiger partial charge in [-0.25, -0.2) is 0 Å². The molecule has 0 aliphatic carbocycles.